The molecular weight excluding hydrogens is 245 g/mol. The SMILES string of the molecule is Nc1cccnc1C(=O)NCCc1ccc(F)cc1. The number of nitrogen functional groups attached to an aromatic ring is 1. The fourth-order valence-electron chi connectivity index (χ4n) is 1.66. The van der Waals surface area contributed by atoms with Crippen LogP contribution in [0.1, 0.15) is 16.1 Å². The summed E-state index contributed by atoms with van der Waals surface area (Å²) in [6, 6.07) is 9.47. The Kier molecular flexibility index (Phi) is 4.07. The van der Waals surface area contributed by atoms with E-state index in [1.54, 1.807) is 24.3 Å². The molecule has 2 aromatic rings. The van der Waals surface area contributed by atoms with Gasteiger partial charge in [0.2, 0.25) is 0 Å². The van der Waals surface area contributed by atoms with Gasteiger partial charge in [0.15, 0.2) is 5.69 Å². The summed E-state index contributed by atoms with van der Waals surface area (Å²) >= 11 is 0. The molecule has 3 N–H and O–H groups in total. The Bertz CT molecular complexity index is 569. The number of nitrogens with one attached hydrogen (secondary N) is 1. The predicted molar refractivity (Wildman–Crippen MR) is 71.1 cm³/mol. The van der Waals surface area contributed by atoms with E-state index < -0.39 is 0 Å². The second kappa shape index (κ2) is 5.95. The van der Waals surface area contributed by atoms with Gasteiger partial charge >= 0.3 is 0 Å². The van der Waals surface area contributed by atoms with E-state index in [0.717, 1.165) is 5.56 Å². The van der Waals surface area contributed by atoms with Gasteiger partial charge < -0.3 is 11.1 Å². The highest BCUT2D eigenvalue weighted by molar-refractivity contribution is 5.96. The van der Waals surface area contributed by atoms with Crippen molar-refractivity contribution < 1.29 is 9.18 Å². The molecule has 0 aliphatic carbocycles. The predicted octanol–water partition coefficient (Wildman–Crippen LogP) is 1.78. The third kappa shape index (κ3) is 3.51. The lowest BCUT2D eigenvalue weighted by atomic mass is 10.1. The molecule has 1 heterocycles. The maximum atomic E-state index is 12.7. The number of carbonyl (C=O) groups is 1. The molecule has 19 heavy (non-hydrogen) atoms. The molecule has 0 saturated heterocycles. The van der Waals surface area contributed by atoms with E-state index in [9.17, 15) is 9.18 Å². The van der Waals surface area contributed by atoms with Gasteiger partial charge in [-0.15, -0.1) is 0 Å². The molecule has 0 aliphatic heterocycles. The highest BCUT2D eigenvalue weighted by Crippen LogP contribution is 2.07. The van der Waals surface area contributed by atoms with Crippen LogP contribution in [0.5, 0.6) is 0 Å². The highest BCUT2D eigenvalue weighted by atomic mass is 19.1. The van der Waals surface area contributed by atoms with Crippen LogP contribution in [0.3, 0.4) is 0 Å². The zero-order chi connectivity index (χ0) is 13.7. The van der Waals surface area contributed by atoms with Crippen LogP contribution >= 0.6 is 0 Å². The summed E-state index contributed by atoms with van der Waals surface area (Å²) < 4.78 is 12.7. The molecule has 98 valence electrons. The summed E-state index contributed by atoms with van der Waals surface area (Å²) in [5.74, 6) is -0.575. The first-order valence-corrected chi connectivity index (χ1v) is 5.90. The van der Waals surface area contributed by atoms with Crippen LogP contribution in [0.2, 0.25) is 0 Å². The van der Waals surface area contributed by atoms with Crippen LogP contribution in [-0.4, -0.2) is 17.4 Å². The zero-order valence-corrected chi connectivity index (χ0v) is 10.3. The molecule has 0 bridgehead atoms. The third-order valence-electron chi connectivity index (χ3n) is 2.67. The number of halogens is 1. The van der Waals surface area contributed by atoms with Gasteiger partial charge in [-0.2, -0.15) is 0 Å². The number of nitrogens with zero attached hydrogens (tertiary/aromatic N) is 1. The number of benzene rings is 1. The van der Waals surface area contributed by atoms with Crippen molar-refractivity contribution in [3.05, 3.63) is 59.7 Å². The topological polar surface area (TPSA) is 68.0 Å². The van der Waals surface area contributed by atoms with Crippen molar-refractivity contribution in [2.24, 2.45) is 0 Å². The Balaban J connectivity index is 1.88. The lowest BCUT2D eigenvalue weighted by Gasteiger charge is -2.06. The normalized spacial score (nSPS) is 10.2. The fourth-order valence-corrected chi connectivity index (χ4v) is 1.66. The van der Waals surface area contributed by atoms with E-state index in [-0.39, 0.29) is 17.4 Å². The summed E-state index contributed by atoms with van der Waals surface area (Å²) in [5, 5.41) is 2.73. The number of hydrogen-bond acceptors (Lipinski definition) is 3. The smallest absolute Gasteiger partial charge is 0.272 e. The number of anilines is 1. The molecule has 0 unspecified atom stereocenters. The van der Waals surface area contributed by atoms with Crippen LogP contribution in [0, 0.1) is 5.82 Å². The summed E-state index contributed by atoms with van der Waals surface area (Å²) in [6.07, 6.45) is 2.14. The van der Waals surface area contributed by atoms with Crippen molar-refractivity contribution in [1.29, 1.82) is 0 Å². The van der Waals surface area contributed by atoms with Gasteiger partial charge in [0.25, 0.3) is 5.91 Å². The molecule has 1 aromatic heterocycles. The Morgan fingerprint density at radius 1 is 1.26 bits per heavy atom. The van der Waals surface area contributed by atoms with Gasteiger partial charge in [0.1, 0.15) is 5.82 Å². The van der Waals surface area contributed by atoms with E-state index in [0.29, 0.717) is 18.7 Å². The lowest BCUT2D eigenvalue weighted by molar-refractivity contribution is 0.0950. The van der Waals surface area contributed by atoms with Crippen molar-refractivity contribution in [2.75, 3.05) is 12.3 Å². The Morgan fingerprint density at radius 2 is 2.00 bits per heavy atom. The van der Waals surface area contributed by atoms with E-state index in [1.807, 2.05) is 0 Å². The molecule has 2 rings (SSSR count). The molecule has 4 nitrogen and oxygen atoms in total. The standard InChI is InChI=1S/C14H14FN3O/c15-11-5-3-10(4-6-11)7-9-18-14(19)13-12(16)2-1-8-17-13/h1-6,8H,7,9,16H2,(H,18,19). The zero-order valence-electron chi connectivity index (χ0n) is 10.3. The summed E-state index contributed by atoms with van der Waals surface area (Å²) in [4.78, 5) is 15.7. The monoisotopic (exact) mass is 259 g/mol. The largest absolute Gasteiger partial charge is 0.397 e. The second-order valence-corrected chi connectivity index (χ2v) is 4.07. The minimum absolute atomic E-state index is 0.224. The Labute approximate surface area is 110 Å². The van der Waals surface area contributed by atoms with Gasteiger partial charge in [-0.3, -0.25) is 4.79 Å². The van der Waals surface area contributed by atoms with Crippen LogP contribution in [0.25, 0.3) is 0 Å². The van der Waals surface area contributed by atoms with Crippen molar-refractivity contribution in [3.63, 3.8) is 0 Å². The van der Waals surface area contributed by atoms with Crippen LogP contribution in [0.15, 0.2) is 42.6 Å². The first kappa shape index (κ1) is 13.0. The first-order valence-electron chi connectivity index (χ1n) is 5.90. The summed E-state index contributed by atoms with van der Waals surface area (Å²) in [7, 11) is 0. The molecule has 1 amide bonds. The maximum absolute atomic E-state index is 12.7. The average molecular weight is 259 g/mol. The highest BCUT2D eigenvalue weighted by Gasteiger charge is 2.09. The van der Waals surface area contributed by atoms with Crippen molar-refractivity contribution >= 4 is 11.6 Å². The molecule has 0 aliphatic rings. The lowest BCUT2D eigenvalue weighted by Crippen LogP contribution is -2.27. The van der Waals surface area contributed by atoms with Gasteiger partial charge in [0, 0.05) is 12.7 Å². The number of rotatable bonds is 4. The fraction of sp³-hybridized carbons (Fsp3) is 0.143. The third-order valence-corrected chi connectivity index (χ3v) is 2.67. The van der Waals surface area contributed by atoms with Crippen LogP contribution in [0.4, 0.5) is 10.1 Å². The first-order chi connectivity index (χ1) is 9.16. The van der Waals surface area contributed by atoms with Gasteiger partial charge in [-0.05, 0) is 36.2 Å². The van der Waals surface area contributed by atoms with Gasteiger partial charge in [-0.1, -0.05) is 12.1 Å². The summed E-state index contributed by atoms with van der Waals surface area (Å²) in [5.41, 5.74) is 7.18. The minimum atomic E-state index is -0.305. The van der Waals surface area contributed by atoms with Crippen molar-refractivity contribution in [1.82, 2.24) is 10.3 Å². The molecule has 5 heteroatoms. The van der Waals surface area contributed by atoms with Crippen molar-refractivity contribution in [2.45, 2.75) is 6.42 Å². The van der Waals surface area contributed by atoms with E-state index in [2.05, 4.69) is 10.3 Å². The van der Waals surface area contributed by atoms with Crippen LogP contribution < -0.4 is 11.1 Å². The molecule has 0 fully saturated rings. The molecule has 1 aromatic carbocycles. The second-order valence-electron chi connectivity index (χ2n) is 4.07. The van der Waals surface area contributed by atoms with E-state index in [4.69, 9.17) is 5.73 Å². The van der Waals surface area contributed by atoms with Gasteiger partial charge in [-0.25, -0.2) is 9.37 Å². The number of pyridine rings is 1. The van der Waals surface area contributed by atoms with Crippen LogP contribution in [-0.2, 0) is 6.42 Å². The molecular formula is C14H14FN3O. The van der Waals surface area contributed by atoms with Crippen molar-refractivity contribution in [3.8, 4) is 0 Å². The Morgan fingerprint density at radius 3 is 2.68 bits per heavy atom. The molecule has 0 atom stereocenters. The number of hydrogen-bond donors (Lipinski definition) is 2. The number of carbonyl (C=O) groups excluding carboxylic acids is 1. The quantitative estimate of drug-likeness (QED) is 0.879. The average Bonchev–Trinajstić information content (AvgIpc) is 2.41. The maximum Gasteiger partial charge on any atom is 0.272 e. The molecule has 0 saturated carbocycles. The summed E-state index contributed by atoms with van der Waals surface area (Å²) in [6.45, 7) is 0.445. The van der Waals surface area contributed by atoms with E-state index >= 15 is 0 Å². The number of amides is 1. The number of aromatic nitrogens is 1. The Hall–Kier alpha value is -2.43. The molecule has 0 radical (unpaired) electrons. The number of nitrogens with two attached hydrogens (primary N) is 1. The minimum Gasteiger partial charge on any atom is -0.397 e. The van der Waals surface area contributed by atoms with Gasteiger partial charge in [0.05, 0.1) is 5.69 Å². The van der Waals surface area contributed by atoms with E-state index in [1.165, 1.54) is 18.3 Å². The molecule has 0 spiro atoms.